The van der Waals surface area contributed by atoms with E-state index in [1.54, 1.807) is 0 Å². The van der Waals surface area contributed by atoms with Gasteiger partial charge in [0.05, 0.1) is 5.75 Å². The van der Waals surface area contributed by atoms with E-state index >= 15 is 0 Å². The molecule has 0 saturated carbocycles. The second-order valence-corrected chi connectivity index (χ2v) is 7.12. The van der Waals surface area contributed by atoms with Gasteiger partial charge in [-0.15, -0.1) is 0 Å². The number of carbonyl (C=O) groups excluding carboxylic acids is 1. The molecule has 0 aliphatic carbocycles. The summed E-state index contributed by atoms with van der Waals surface area (Å²) in [6.07, 6.45) is 1.56. The first-order valence-corrected chi connectivity index (χ1v) is 8.58. The number of benzene rings is 1. The van der Waals surface area contributed by atoms with E-state index in [2.05, 4.69) is 5.32 Å². The Labute approximate surface area is 124 Å². The molecule has 0 aliphatic heterocycles. The zero-order valence-electron chi connectivity index (χ0n) is 11.8. The Kier molecular flexibility index (Phi) is 6.36. The van der Waals surface area contributed by atoms with E-state index in [1.165, 1.54) is 0 Å². The minimum absolute atomic E-state index is 0.134. The molecule has 1 amide bonds. The van der Waals surface area contributed by atoms with Gasteiger partial charge in [-0.1, -0.05) is 30.3 Å². The third kappa shape index (κ3) is 7.45. The lowest BCUT2D eigenvalue weighted by molar-refractivity contribution is -0.141. The van der Waals surface area contributed by atoms with Crippen LogP contribution in [-0.2, 0) is 25.8 Å². The SMILES string of the molecule is CS(=O)(=O)CCC(NC(=O)CCc1ccccc1)C(=O)O. The van der Waals surface area contributed by atoms with E-state index in [1.807, 2.05) is 30.3 Å². The number of nitrogens with one attached hydrogen (secondary N) is 1. The predicted molar refractivity (Wildman–Crippen MR) is 78.7 cm³/mol. The summed E-state index contributed by atoms with van der Waals surface area (Å²) in [5, 5.41) is 11.4. The van der Waals surface area contributed by atoms with Crippen LogP contribution in [-0.4, -0.2) is 43.5 Å². The third-order valence-electron chi connectivity index (χ3n) is 2.89. The summed E-state index contributed by atoms with van der Waals surface area (Å²) in [5.41, 5.74) is 0.982. The van der Waals surface area contributed by atoms with Crippen molar-refractivity contribution in [2.45, 2.75) is 25.3 Å². The van der Waals surface area contributed by atoms with Gasteiger partial charge in [-0.05, 0) is 18.4 Å². The molecule has 0 aromatic heterocycles. The zero-order valence-corrected chi connectivity index (χ0v) is 12.6. The molecule has 0 heterocycles. The highest BCUT2D eigenvalue weighted by molar-refractivity contribution is 7.90. The van der Waals surface area contributed by atoms with Crippen molar-refractivity contribution < 1.29 is 23.1 Å². The molecule has 1 aromatic rings. The van der Waals surface area contributed by atoms with Crippen LogP contribution in [0.4, 0.5) is 0 Å². The Bertz CT molecular complexity index is 583. The van der Waals surface area contributed by atoms with Gasteiger partial charge in [0.15, 0.2) is 0 Å². The largest absolute Gasteiger partial charge is 0.480 e. The lowest BCUT2D eigenvalue weighted by atomic mass is 10.1. The molecule has 116 valence electrons. The first kappa shape index (κ1) is 17.2. The average Bonchev–Trinajstić information content (AvgIpc) is 2.41. The number of rotatable bonds is 8. The molecule has 0 spiro atoms. The number of hydrogen-bond acceptors (Lipinski definition) is 4. The maximum atomic E-state index is 11.7. The normalized spacial score (nSPS) is 12.6. The van der Waals surface area contributed by atoms with Crippen LogP contribution < -0.4 is 5.32 Å². The summed E-state index contributed by atoms with van der Waals surface area (Å²) in [7, 11) is -3.26. The monoisotopic (exact) mass is 313 g/mol. The van der Waals surface area contributed by atoms with E-state index in [4.69, 9.17) is 5.11 Å². The highest BCUT2D eigenvalue weighted by Crippen LogP contribution is 2.03. The molecule has 21 heavy (non-hydrogen) atoms. The molecule has 1 unspecified atom stereocenters. The zero-order chi connectivity index (χ0) is 15.9. The molecule has 0 fully saturated rings. The van der Waals surface area contributed by atoms with Crippen molar-refractivity contribution in [2.24, 2.45) is 0 Å². The van der Waals surface area contributed by atoms with Crippen LogP contribution in [0.3, 0.4) is 0 Å². The van der Waals surface area contributed by atoms with Crippen LogP contribution in [0.1, 0.15) is 18.4 Å². The molecule has 2 N–H and O–H groups in total. The summed E-state index contributed by atoms with van der Waals surface area (Å²) >= 11 is 0. The number of amides is 1. The average molecular weight is 313 g/mol. The lowest BCUT2D eigenvalue weighted by Crippen LogP contribution is -2.42. The summed E-state index contributed by atoms with van der Waals surface area (Å²) in [6.45, 7) is 0. The summed E-state index contributed by atoms with van der Waals surface area (Å²) in [5.74, 6) is -1.91. The van der Waals surface area contributed by atoms with Gasteiger partial charge < -0.3 is 10.4 Å². The van der Waals surface area contributed by atoms with Gasteiger partial charge in [-0.3, -0.25) is 4.79 Å². The maximum Gasteiger partial charge on any atom is 0.326 e. The van der Waals surface area contributed by atoms with E-state index in [0.717, 1.165) is 11.8 Å². The van der Waals surface area contributed by atoms with Gasteiger partial charge in [0, 0.05) is 12.7 Å². The van der Waals surface area contributed by atoms with Crippen molar-refractivity contribution in [1.29, 1.82) is 0 Å². The van der Waals surface area contributed by atoms with Gasteiger partial charge >= 0.3 is 5.97 Å². The highest BCUT2D eigenvalue weighted by Gasteiger charge is 2.21. The van der Waals surface area contributed by atoms with Crippen LogP contribution in [0.2, 0.25) is 0 Å². The van der Waals surface area contributed by atoms with Crippen molar-refractivity contribution >= 4 is 21.7 Å². The fraction of sp³-hybridized carbons (Fsp3) is 0.429. The van der Waals surface area contributed by atoms with Crippen molar-refractivity contribution in [3.8, 4) is 0 Å². The van der Waals surface area contributed by atoms with Crippen LogP contribution >= 0.6 is 0 Å². The van der Waals surface area contributed by atoms with Gasteiger partial charge in [-0.25, -0.2) is 13.2 Å². The fourth-order valence-corrected chi connectivity index (χ4v) is 2.42. The minimum atomic E-state index is -3.26. The Morgan fingerprint density at radius 3 is 2.38 bits per heavy atom. The van der Waals surface area contributed by atoms with Crippen LogP contribution in [0.5, 0.6) is 0 Å². The number of carboxylic acid groups (broad SMARTS) is 1. The molecule has 1 atom stereocenters. The van der Waals surface area contributed by atoms with Crippen LogP contribution in [0.25, 0.3) is 0 Å². The number of aliphatic carboxylic acids is 1. The first-order valence-electron chi connectivity index (χ1n) is 6.52. The van der Waals surface area contributed by atoms with Crippen molar-refractivity contribution in [1.82, 2.24) is 5.32 Å². The van der Waals surface area contributed by atoms with Gasteiger partial charge in [0.1, 0.15) is 15.9 Å². The molecule has 0 aliphatic rings. The number of sulfone groups is 1. The molecule has 7 heteroatoms. The molecule has 6 nitrogen and oxygen atoms in total. The number of carboxylic acids is 1. The standard InChI is InChI=1S/C14H19NO5S/c1-21(19,20)10-9-12(14(17)18)15-13(16)8-7-11-5-3-2-4-6-11/h2-6,12H,7-10H2,1H3,(H,15,16)(H,17,18). The second kappa shape index (κ2) is 7.78. The van der Waals surface area contributed by atoms with Crippen molar-refractivity contribution in [3.63, 3.8) is 0 Å². The molecule has 1 aromatic carbocycles. The van der Waals surface area contributed by atoms with Crippen LogP contribution in [0.15, 0.2) is 30.3 Å². The Morgan fingerprint density at radius 2 is 1.86 bits per heavy atom. The van der Waals surface area contributed by atoms with E-state index in [-0.39, 0.29) is 18.6 Å². The van der Waals surface area contributed by atoms with Crippen molar-refractivity contribution in [2.75, 3.05) is 12.0 Å². The van der Waals surface area contributed by atoms with E-state index in [9.17, 15) is 18.0 Å². The molecule has 0 bridgehead atoms. The van der Waals surface area contributed by atoms with Crippen molar-refractivity contribution in [3.05, 3.63) is 35.9 Å². The number of hydrogen-bond donors (Lipinski definition) is 2. The van der Waals surface area contributed by atoms with Gasteiger partial charge in [0.25, 0.3) is 0 Å². The topological polar surface area (TPSA) is 101 Å². The third-order valence-corrected chi connectivity index (χ3v) is 3.87. The van der Waals surface area contributed by atoms with Gasteiger partial charge in [-0.2, -0.15) is 0 Å². The minimum Gasteiger partial charge on any atom is -0.480 e. The molecular formula is C14H19NO5S. The maximum absolute atomic E-state index is 11.7. The Balaban J connectivity index is 2.47. The Hall–Kier alpha value is -1.89. The molecule has 0 radical (unpaired) electrons. The number of carbonyl (C=O) groups is 2. The Morgan fingerprint density at radius 1 is 1.24 bits per heavy atom. The lowest BCUT2D eigenvalue weighted by Gasteiger charge is -2.14. The predicted octanol–water partition coefficient (Wildman–Crippen LogP) is 0.623. The highest BCUT2D eigenvalue weighted by atomic mass is 32.2. The quantitative estimate of drug-likeness (QED) is 0.733. The van der Waals surface area contributed by atoms with Gasteiger partial charge in [0.2, 0.25) is 5.91 Å². The molecule has 0 saturated heterocycles. The number of aryl methyl sites for hydroxylation is 1. The van der Waals surface area contributed by atoms with E-state index in [0.29, 0.717) is 6.42 Å². The summed E-state index contributed by atoms with van der Waals surface area (Å²) < 4.78 is 22.1. The molecular weight excluding hydrogens is 294 g/mol. The van der Waals surface area contributed by atoms with E-state index < -0.39 is 27.8 Å². The second-order valence-electron chi connectivity index (χ2n) is 4.86. The first-order chi connectivity index (χ1) is 9.78. The van der Waals surface area contributed by atoms with Crippen LogP contribution in [0, 0.1) is 0 Å². The fourth-order valence-electron chi connectivity index (χ4n) is 1.76. The summed E-state index contributed by atoms with van der Waals surface area (Å²) in [4.78, 5) is 22.7. The smallest absolute Gasteiger partial charge is 0.326 e. The molecule has 1 rings (SSSR count). The summed E-state index contributed by atoms with van der Waals surface area (Å²) in [6, 6.07) is 8.17.